The summed E-state index contributed by atoms with van der Waals surface area (Å²) >= 11 is 0. The van der Waals surface area contributed by atoms with E-state index in [4.69, 9.17) is 30.9 Å². The van der Waals surface area contributed by atoms with Gasteiger partial charge in [-0.05, 0) is 84.9 Å². The fourth-order valence-corrected chi connectivity index (χ4v) is 5.63. The lowest BCUT2D eigenvalue weighted by Crippen LogP contribution is -2.01. The summed E-state index contributed by atoms with van der Waals surface area (Å²) in [6, 6.07) is 35.4. The number of anilines is 2. The molecule has 2 aromatic heterocycles. The lowest BCUT2D eigenvalue weighted by molar-refractivity contribution is 0.364. The molecule has 0 aliphatic carbocycles. The number of hydrogen-bond donors (Lipinski definition) is 2. The van der Waals surface area contributed by atoms with Crippen molar-refractivity contribution >= 4 is 33.4 Å². The van der Waals surface area contributed by atoms with Crippen LogP contribution in [0.2, 0.25) is 0 Å². The molecule has 0 saturated heterocycles. The second kappa shape index (κ2) is 12.0. The topological polar surface area (TPSA) is 106 Å². The van der Waals surface area contributed by atoms with Gasteiger partial charge in [0.25, 0.3) is 0 Å². The minimum Gasteiger partial charge on any atom is -0.489 e. The second-order valence-corrected chi connectivity index (χ2v) is 10.7. The van der Waals surface area contributed by atoms with Gasteiger partial charge < -0.3 is 20.9 Å². The van der Waals surface area contributed by atoms with E-state index in [1.165, 1.54) is 0 Å². The summed E-state index contributed by atoms with van der Waals surface area (Å²) < 4.78 is 16.4. The first-order chi connectivity index (χ1) is 22.6. The maximum Gasteiger partial charge on any atom is 0.149 e. The molecule has 0 unspecified atom stereocenters. The summed E-state index contributed by atoms with van der Waals surface area (Å²) in [7, 11) is 0. The van der Waals surface area contributed by atoms with Gasteiger partial charge in [0, 0.05) is 22.7 Å². The highest BCUT2D eigenvalue weighted by molar-refractivity contribution is 5.97. The molecule has 0 radical (unpaired) electrons. The summed E-state index contributed by atoms with van der Waals surface area (Å²) in [6.07, 6.45) is 3.46. The Kier molecular flexibility index (Phi) is 7.44. The number of imidazole rings is 2. The van der Waals surface area contributed by atoms with Crippen molar-refractivity contribution in [1.82, 2.24) is 19.1 Å². The van der Waals surface area contributed by atoms with Crippen molar-refractivity contribution in [3.8, 4) is 45.6 Å². The number of para-hydroxylation sites is 2. The van der Waals surface area contributed by atoms with Crippen LogP contribution in [-0.2, 0) is 0 Å². The molecule has 8 nitrogen and oxygen atoms in total. The molecule has 7 aromatic rings. The van der Waals surface area contributed by atoms with Gasteiger partial charge in [0.2, 0.25) is 0 Å². The fraction of sp³-hybridized carbons (Fsp3) is 0.0526. The molecule has 0 fully saturated rings. The average molecular weight is 605 g/mol. The summed E-state index contributed by atoms with van der Waals surface area (Å²) in [6.45, 7) is 8.37. The van der Waals surface area contributed by atoms with Gasteiger partial charge in [-0.25, -0.2) is 9.97 Å². The number of nitrogen functional groups attached to an aromatic ring is 2. The van der Waals surface area contributed by atoms with Crippen molar-refractivity contribution < 1.29 is 9.47 Å². The Hall–Kier alpha value is -6.28. The van der Waals surface area contributed by atoms with E-state index in [0.717, 1.165) is 56.2 Å². The quantitative estimate of drug-likeness (QED) is 0.121. The zero-order valence-corrected chi connectivity index (χ0v) is 25.1. The summed E-state index contributed by atoms with van der Waals surface area (Å²) in [5.74, 6) is 2.88. The molecule has 0 bridgehead atoms. The maximum atomic E-state index is 6.09. The first-order valence-electron chi connectivity index (χ1n) is 14.9. The smallest absolute Gasteiger partial charge is 0.149 e. The average Bonchev–Trinajstić information content (AvgIpc) is 3.64. The van der Waals surface area contributed by atoms with Gasteiger partial charge in [-0.15, -0.1) is 0 Å². The Morgan fingerprint density at radius 1 is 0.565 bits per heavy atom. The van der Waals surface area contributed by atoms with Crippen molar-refractivity contribution in [3.05, 3.63) is 135 Å². The van der Waals surface area contributed by atoms with Gasteiger partial charge >= 0.3 is 0 Å². The predicted molar refractivity (Wildman–Crippen MR) is 187 cm³/mol. The predicted octanol–water partition coefficient (Wildman–Crippen LogP) is 7.99. The van der Waals surface area contributed by atoms with Gasteiger partial charge in [-0.2, -0.15) is 0 Å². The fourth-order valence-electron chi connectivity index (χ4n) is 5.63. The SMILES string of the molecule is C=CCOc1ccccc1-c1nc2cc3c(cc2n1-c1ccc(N)cc1)nc(-c1ccccc1OCC=C)n3-c1ccc(N)cc1. The molecule has 2 heterocycles. The molecule has 7 rings (SSSR count). The van der Waals surface area contributed by atoms with Crippen LogP contribution in [0.3, 0.4) is 0 Å². The highest BCUT2D eigenvalue weighted by atomic mass is 16.5. The number of nitrogens with two attached hydrogens (primary N) is 2. The molecular weight excluding hydrogens is 572 g/mol. The number of fused-ring (bicyclic) bond motifs is 2. The van der Waals surface area contributed by atoms with Gasteiger partial charge in [0.15, 0.2) is 0 Å². The van der Waals surface area contributed by atoms with E-state index in [9.17, 15) is 0 Å². The lowest BCUT2D eigenvalue weighted by atomic mass is 10.1. The molecule has 5 aromatic carbocycles. The highest BCUT2D eigenvalue weighted by Crippen LogP contribution is 2.39. The van der Waals surface area contributed by atoms with Crippen molar-refractivity contribution in [3.63, 3.8) is 0 Å². The standard InChI is InChI=1S/C38H32N6O2/c1-3-21-45-35-11-7-5-9-29(35)37-41-31-23-34-32(24-33(31)43(37)27-17-13-25(39)14-18-27)42-38(44(34)28-19-15-26(40)16-20-28)30-10-6-8-12-36(30)46-22-4-2/h3-20,23-24H,1-2,21-22,39-40H2. The number of rotatable bonds is 10. The Labute approximate surface area is 266 Å². The molecule has 46 heavy (non-hydrogen) atoms. The Balaban J connectivity index is 1.53. The zero-order chi connectivity index (χ0) is 31.6. The van der Waals surface area contributed by atoms with E-state index in [2.05, 4.69) is 34.4 Å². The van der Waals surface area contributed by atoms with E-state index in [0.29, 0.717) is 36.1 Å². The van der Waals surface area contributed by atoms with E-state index in [1.807, 2.05) is 97.1 Å². The third-order valence-corrected chi connectivity index (χ3v) is 7.70. The molecule has 0 atom stereocenters. The van der Waals surface area contributed by atoms with E-state index < -0.39 is 0 Å². The molecule has 226 valence electrons. The van der Waals surface area contributed by atoms with Crippen LogP contribution in [0.25, 0.3) is 56.2 Å². The number of benzene rings is 5. The molecule has 0 spiro atoms. The van der Waals surface area contributed by atoms with E-state index >= 15 is 0 Å². The summed E-state index contributed by atoms with van der Waals surface area (Å²) in [5, 5.41) is 0. The normalized spacial score (nSPS) is 11.1. The molecule has 0 amide bonds. The van der Waals surface area contributed by atoms with Crippen molar-refractivity contribution in [2.75, 3.05) is 24.7 Å². The largest absolute Gasteiger partial charge is 0.489 e. The van der Waals surface area contributed by atoms with Crippen LogP contribution < -0.4 is 20.9 Å². The molecule has 0 aliphatic rings. The maximum absolute atomic E-state index is 6.09. The van der Waals surface area contributed by atoms with Crippen molar-refractivity contribution in [2.45, 2.75) is 0 Å². The first-order valence-corrected chi connectivity index (χ1v) is 14.9. The molecular formula is C38H32N6O2. The lowest BCUT2D eigenvalue weighted by Gasteiger charge is -2.13. The third-order valence-electron chi connectivity index (χ3n) is 7.70. The first kappa shape index (κ1) is 28.5. The number of hydrogen-bond acceptors (Lipinski definition) is 6. The van der Waals surface area contributed by atoms with E-state index in [1.54, 1.807) is 12.2 Å². The number of aromatic nitrogens is 4. The number of ether oxygens (including phenoxy) is 2. The molecule has 0 saturated carbocycles. The van der Waals surface area contributed by atoms with Crippen LogP contribution in [0.5, 0.6) is 11.5 Å². The Bertz CT molecular complexity index is 2050. The minimum absolute atomic E-state index is 0.374. The van der Waals surface area contributed by atoms with Crippen molar-refractivity contribution in [2.24, 2.45) is 0 Å². The van der Waals surface area contributed by atoms with Crippen LogP contribution >= 0.6 is 0 Å². The Morgan fingerprint density at radius 3 is 1.35 bits per heavy atom. The molecule has 4 N–H and O–H groups in total. The van der Waals surface area contributed by atoms with Crippen LogP contribution in [0.1, 0.15) is 0 Å². The van der Waals surface area contributed by atoms with Crippen molar-refractivity contribution in [1.29, 1.82) is 0 Å². The molecule has 8 heteroatoms. The van der Waals surface area contributed by atoms with Crippen LogP contribution in [0.4, 0.5) is 11.4 Å². The van der Waals surface area contributed by atoms with Crippen LogP contribution in [0.15, 0.2) is 135 Å². The van der Waals surface area contributed by atoms with Gasteiger partial charge in [-0.3, -0.25) is 9.13 Å². The highest BCUT2D eigenvalue weighted by Gasteiger charge is 2.23. The third kappa shape index (κ3) is 5.11. The summed E-state index contributed by atoms with van der Waals surface area (Å²) in [4.78, 5) is 10.4. The van der Waals surface area contributed by atoms with E-state index in [-0.39, 0.29) is 0 Å². The van der Waals surface area contributed by atoms with Gasteiger partial charge in [0.05, 0.1) is 33.2 Å². The van der Waals surface area contributed by atoms with Crippen LogP contribution in [-0.4, -0.2) is 32.3 Å². The van der Waals surface area contributed by atoms with Crippen LogP contribution in [0, 0.1) is 0 Å². The summed E-state index contributed by atoms with van der Waals surface area (Å²) in [5.41, 5.74) is 20.4. The second-order valence-electron chi connectivity index (χ2n) is 10.7. The molecule has 0 aliphatic heterocycles. The minimum atomic E-state index is 0.374. The van der Waals surface area contributed by atoms with Gasteiger partial charge in [0.1, 0.15) is 36.4 Å². The number of nitrogens with zero attached hydrogens (tertiary/aromatic N) is 4. The zero-order valence-electron chi connectivity index (χ0n) is 25.1. The monoisotopic (exact) mass is 604 g/mol. The van der Waals surface area contributed by atoms with Gasteiger partial charge in [-0.1, -0.05) is 49.6 Å². The Morgan fingerprint density at radius 2 is 0.957 bits per heavy atom.